The van der Waals surface area contributed by atoms with Gasteiger partial charge in [-0.2, -0.15) is 0 Å². The molecule has 2 amide bonds. The smallest absolute Gasteiger partial charge is 0.412 e. The average Bonchev–Trinajstić information content (AvgIpc) is 3.92. The van der Waals surface area contributed by atoms with Gasteiger partial charge in [-0.3, -0.25) is 30.3 Å². The van der Waals surface area contributed by atoms with Crippen LogP contribution in [0.25, 0.3) is 0 Å². The number of rotatable bonds is 26. The number of unbranched alkanes of at least 4 members (excludes halogenated alkanes) is 2. The van der Waals surface area contributed by atoms with Crippen LogP contribution in [0.1, 0.15) is 107 Å². The number of nitrogens with one attached hydrogen (secondary N) is 2. The first-order chi connectivity index (χ1) is 35.3. The van der Waals surface area contributed by atoms with E-state index in [1.54, 1.807) is 51.1 Å². The van der Waals surface area contributed by atoms with Gasteiger partial charge in [0.2, 0.25) is 0 Å². The summed E-state index contributed by atoms with van der Waals surface area (Å²) in [4.78, 5) is 69.6. The van der Waals surface area contributed by atoms with Gasteiger partial charge in [-0.1, -0.05) is 55.9 Å². The fourth-order valence-electron chi connectivity index (χ4n) is 8.44. The Morgan fingerprint density at radius 3 is 1.79 bits per heavy atom. The molecule has 1 heterocycles. The minimum absolute atomic E-state index is 0.0171. The maximum atomic E-state index is 14.7. The number of anilines is 2. The fraction of sp³-hybridized carbons (Fsp3) is 0.537. The van der Waals surface area contributed by atoms with E-state index < -0.39 is 42.9 Å². The Morgan fingerprint density at radius 1 is 0.773 bits per heavy atom. The first kappa shape index (κ1) is 60.3. The summed E-state index contributed by atoms with van der Waals surface area (Å²) >= 11 is 0. The number of allylic oxidation sites excluding steroid dienone is 2. The van der Waals surface area contributed by atoms with Gasteiger partial charge in [0, 0.05) is 60.1 Å². The predicted molar refractivity (Wildman–Crippen MR) is 294 cm³/mol. The van der Waals surface area contributed by atoms with Gasteiger partial charge in [0.1, 0.15) is 23.4 Å². The molecule has 2 unspecified atom stereocenters. The van der Waals surface area contributed by atoms with E-state index in [1.165, 1.54) is 48.1 Å². The SMILES string of the molecule is C=C1CC(C(=O)c2cc(OC)c(OCCCCCOc3cc(NC(=O)OC(C)(C)C)c(C(=O)C4CC(=C)C[C@H]4CO)cc3OC)cc2NC(=O)OCCSSc2ccc([N+](=O)[O-])cn2)[C@H](CO[Si](C)(C)C(C)(C)C)C1. The Kier molecular flexibility index (Phi) is 21.6. The molecular formula is C54H74N4O14S2Si. The predicted octanol–water partition coefficient (Wildman–Crippen LogP) is 12.5. The summed E-state index contributed by atoms with van der Waals surface area (Å²) in [7, 11) is 3.45. The summed E-state index contributed by atoms with van der Waals surface area (Å²) in [6.45, 7) is 25.1. The number of hydrogen-bond donors (Lipinski definition) is 3. The van der Waals surface area contributed by atoms with Crippen molar-refractivity contribution in [3.05, 3.63) is 88.1 Å². The number of ketones is 2. The van der Waals surface area contributed by atoms with Crippen molar-refractivity contribution in [2.24, 2.45) is 23.7 Å². The number of aromatic nitrogens is 1. The third-order valence-corrected chi connectivity index (χ3v) is 20.1. The van der Waals surface area contributed by atoms with E-state index in [0.29, 0.717) is 85.3 Å². The molecule has 2 fully saturated rings. The lowest BCUT2D eigenvalue weighted by atomic mass is 9.88. The number of carbonyl (C=O) groups is 4. The van der Waals surface area contributed by atoms with Crippen molar-refractivity contribution < 1.29 is 62.1 Å². The number of carbonyl (C=O) groups excluding carboxylic acids is 4. The van der Waals surface area contributed by atoms with Crippen LogP contribution in [0.4, 0.5) is 26.7 Å². The lowest BCUT2D eigenvalue weighted by Crippen LogP contribution is -2.42. The van der Waals surface area contributed by atoms with Gasteiger partial charge in [-0.25, -0.2) is 14.6 Å². The molecule has 75 heavy (non-hydrogen) atoms. The molecule has 21 heteroatoms. The highest BCUT2D eigenvalue weighted by Crippen LogP contribution is 2.45. The van der Waals surface area contributed by atoms with Crippen LogP contribution in [0.2, 0.25) is 18.1 Å². The number of methoxy groups -OCH3 is 2. The van der Waals surface area contributed by atoms with Crippen molar-refractivity contribution in [3.8, 4) is 23.0 Å². The molecule has 2 aliphatic rings. The van der Waals surface area contributed by atoms with Gasteiger partial charge in [0.25, 0.3) is 5.69 Å². The number of ether oxygens (including phenoxy) is 6. The van der Waals surface area contributed by atoms with E-state index >= 15 is 0 Å². The zero-order valence-corrected chi connectivity index (χ0v) is 47.6. The first-order valence-electron chi connectivity index (χ1n) is 25.0. The van der Waals surface area contributed by atoms with Gasteiger partial charge in [-0.05, 0) is 125 Å². The van der Waals surface area contributed by atoms with Crippen LogP contribution < -0.4 is 29.6 Å². The maximum absolute atomic E-state index is 14.7. The number of Topliss-reactive ketones (excluding diaryl/α,β-unsaturated/α-hetero) is 2. The Hall–Kier alpha value is -5.61. The normalized spacial score (nSPS) is 17.8. The van der Waals surface area contributed by atoms with Crippen molar-refractivity contribution in [1.29, 1.82) is 0 Å². The Balaban J connectivity index is 1.26. The molecular weight excluding hydrogens is 1020 g/mol. The molecule has 0 saturated heterocycles. The van der Waals surface area contributed by atoms with Crippen molar-refractivity contribution in [1.82, 2.24) is 4.98 Å². The van der Waals surface area contributed by atoms with Crippen LogP contribution in [0, 0.1) is 33.8 Å². The Bertz CT molecular complexity index is 2550. The molecule has 2 aliphatic carbocycles. The van der Waals surface area contributed by atoms with Crippen molar-refractivity contribution >= 4 is 70.7 Å². The molecule has 2 saturated carbocycles. The van der Waals surface area contributed by atoms with Crippen LogP contribution in [-0.2, 0) is 13.9 Å². The van der Waals surface area contributed by atoms with E-state index in [-0.39, 0.29) is 83.1 Å². The average molecular weight is 1100 g/mol. The van der Waals surface area contributed by atoms with Crippen molar-refractivity contribution in [3.63, 3.8) is 0 Å². The highest BCUT2D eigenvalue weighted by Gasteiger charge is 2.42. The van der Waals surface area contributed by atoms with E-state index in [4.69, 9.17) is 32.8 Å². The van der Waals surface area contributed by atoms with Gasteiger partial charge in [0.05, 0.1) is 43.7 Å². The van der Waals surface area contributed by atoms with E-state index in [1.807, 2.05) is 0 Å². The zero-order chi connectivity index (χ0) is 55.3. The van der Waals surface area contributed by atoms with Gasteiger partial charge in [-0.15, -0.1) is 0 Å². The fourth-order valence-corrected chi connectivity index (χ4v) is 11.2. The molecule has 0 spiro atoms. The summed E-state index contributed by atoms with van der Waals surface area (Å²) in [6, 6.07) is 9.16. The minimum Gasteiger partial charge on any atom is -0.493 e. The number of amides is 2. The molecule has 0 radical (unpaired) electrons. The summed E-state index contributed by atoms with van der Waals surface area (Å²) in [6.07, 6.45) is 3.54. The van der Waals surface area contributed by atoms with E-state index in [2.05, 4.69) is 62.6 Å². The molecule has 3 aromatic rings. The second-order valence-electron chi connectivity index (χ2n) is 21.3. The second kappa shape index (κ2) is 26.9. The third kappa shape index (κ3) is 17.2. The quantitative estimate of drug-likeness (QED) is 0.0129. The molecule has 1 aromatic heterocycles. The van der Waals surface area contributed by atoms with Gasteiger partial charge < -0.3 is 38.0 Å². The number of aliphatic hydroxyl groups excluding tert-OH is 1. The van der Waals surface area contributed by atoms with Gasteiger partial charge >= 0.3 is 12.2 Å². The third-order valence-electron chi connectivity index (χ3n) is 13.4. The highest BCUT2D eigenvalue weighted by molar-refractivity contribution is 8.76. The summed E-state index contributed by atoms with van der Waals surface area (Å²) in [5, 5.41) is 27.1. The van der Waals surface area contributed by atoms with Crippen molar-refractivity contribution in [2.45, 2.75) is 115 Å². The summed E-state index contributed by atoms with van der Waals surface area (Å²) < 4.78 is 41.5. The van der Waals surface area contributed by atoms with Crippen molar-refractivity contribution in [2.75, 3.05) is 63.6 Å². The lowest BCUT2D eigenvalue weighted by Gasteiger charge is -2.37. The summed E-state index contributed by atoms with van der Waals surface area (Å²) in [5.41, 5.74) is 1.73. The molecule has 3 N–H and O–H groups in total. The topological polar surface area (TPSA) is 233 Å². The number of aliphatic hydroxyl groups is 1. The molecule has 5 rings (SSSR count). The van der Waals surface area contributed by atoms with Crippen LogP contribution >= 0.6 is 21.6 Å². The molecule has 18 nitrogen and oxygen atoms in total. The molecule has 0 aliphatic heterocycles. The summed E-state index contributed by atoms with van der Waals surface area (Å²) in [5.74, 6) is -0.273. The van der Waals surface area contributed by atoms with Crippen LogP contribution in [0.5, 0.6) is 23.0 Å². The van der Waals surface area contributed by atoms with Crippen LogP contribution in [0.15, 0.2) is 71.9 Å². The first-order valence-corrected chi connectivity index (χ1v) is 30.3. The number of benzene rings is 2. The standard InChI is InChI=1S/C54H74N4O14S2Si/c1-33-22-35(31-59)38(24-33)49(60)41-27-45(67-10)47(29-43(41)57-52(63)72-53(3,4)5)69-19-15-13-14-18-68-46-28-42(56-51(62)70-20-21-73-74-48-17-16-37(30-55-48)58(64)65)40(26-44(46)66-9)50(61)39-25-34(2)23-36(39)32-71-75(11,12)54(6,7)8/h16-17,26-30,35-36,38-39,59H,1-2,13-15,18-25,31-32H2,3-12H3,(H,56,62)(H,57,63)/t35-,36-,38?,39?/m0/s1. The van der Waals surface area contributed by atoms with Crippen LogP contribution in [0.3, 0.4) is 0 Å². The van der Waals surface area contributed by atoms with Gasteiger partial charge in [0.15, 0.2) is 42.9 Å². The van der Waals surface area contributed by atoms with E-state index in [0.717, 1.165) is 11.1 Å². The zero-order valence-electron chi connectivity index (χ0n) is 44.9. The Labute approximate surface area is 449 Å². The number of hydrogen-bond acceptors (Lipinski definition) is 17. The number of pyridine rings is 1. The maximum Gasteiger partial charge on any atom is 0.412 e. The monoisotopic (exact) mass is 1090 g/mol. The highest BCUT2D eigenvalue weighted by atomic mass is 33.1. The number of nitrogens with zero attached hydrogens (tertiary/aromatic N) is 2. The molecule has 410 valence electrons. The second-order valence-corrected chi connectivity index (χ2v) is 28.5. The number of nitro groups is 1. The molecule has 4 atom stereocenters. The molecule has 0 bridgehead atoms. The largest absolute Gasteiger partial charge is 0.493 e. The van der Waals surface area contributed by atoms with E-state index in [9.17, 15) is 34.4 Å². The Morgan fingerprint density at radius 2 is 1.31 bits per heavy atom. The minimum atomic E-state index is -2.14. The lowest BCUT2D eigenvalue weighted by molar-refractivity contribution is -0.385. The van der Waals surface area contributed by atoms with Crippen LogP contribution in [-0.4, -0.2) is 106 Å². The molecule has 2 aromatic carbocycles.